The predicted octanol–water partition coefficient (Wildman–Crippen LogP) is 3.93. The molecule has 0 N–H and O–H groups in total. The second-order valence-corrected chi connectivity index (χ2v) is 6.02. The van der Waals surface area contributed by atoms with E-state index in [1.54, 1.807) is 0 Å². The van der Waals surface area contributed by atoms with Crippen molar-refractivity contribution in [3.8, 4) is 0 Å². The molecule has 0 aliphatic rings. The third-order valence-corrected chi connectivity index (χ3v) is 3.23. The number of halogens is 1. The van der Waals surface area contributed by atoms with E-state index in [1.165, 1.54) is 0 Å². The molecule has 16 heavy (non-hydrogen) atoms. The number of ketones is 1. The highest BCUT2D eigenvalue weighted by molar-refractivity contribution is 14.1. The number of hydrogen-bond acceptors (Lipinski definition) is 2. The van der Waals surface area contributed by atoms with Crippen LogP contribution in [0.25, 0.3) is 0 Å². The lowest BCUT2D eigenvalue weighted by Gasteiger charge is -2.12. The van der Waals surface area contributed by atoms with Crippen molar-refractivity contribution < 1.29 is 9.59 Å². The van der Waals surface area contributed by atoms with Crippen LogP contribution in [-0.4, -0.2) is 12.1 Å². The van der Waals surface area contributed by atoms with E-state index >= 15 is 0 Å². The second-order valence-electron chi connectivity index (χ2n) is 4.49. The van der Waals surface area contributed by atoms with Crippen LogP contribution in [0.1, 0.15) is 46.0 Å². The summed E-state index contributed by atoms with van der Waals surface area (Å²) in [7, 11) is 0. The molecule has 0 saturated carbocycles. The minimum Gasteiger partial charge on any atom is -0.303 e. The molecule has 0 amide bonds. The molecular formula is C13H21IO2. The van der Waals surface area contributed by atoms with Gasteiger partial charge in [-0.2, -0.15) is 0 Å². The van der Waals surface area contributed by atoms with Gasteiger partial charge in [-0.05, 0) is 51.4 Å². The average Bonchev–Trinajstić information content (AvgIpc) is 2.17. The maximum atomic E-state index is 11.5. The van der Waals surface area contributed by atoms with Crippen molar-refractivity contribution in [2.45, 2.75) is 46.0 Å². The molecule has 0 saturated heterocycles. The van der Waals surface area contributed by atoms with Crippen LogP contribution in [-0.2, 0) is 9.59 Å². The fourth-order valence-electron chi connectivity index (χ4n) is 1.49. The molecule has 0 fully saturated rings. The molecule has 0 heterocycles. The Morgan fingerprint density at radius 3 is 2.38 bits per heavy atom. The number of aldehydes is 1. The largest absolute Gasteiger partial charge is 0.303 e. The Labute approximate surface area is 112 Å². The molecule has 0 aliphatic heterocycles. The van der Waals surface area contributed by atoms with E-state index in [2.05, 4.69) is 29.2 Å². The zero-order valence-electron chi connectivity index (χ0n) is 10.2. The number of hydrogen-bond donors (Lipinski definition) is 0. The van der Waals surface area contributed by atoms with Crippen LogP contribution in [0.3, 0.4) is 0 Å². The Balaban J connectivity index is 3.71. The lowest BCUT2D eigenvalue weighted by atomic mass is 9.91. The molecule has 0 aromatic rings. The maximum absolute atomic E-state index is 11.5. The first-order valence-electron chi connectivity index (χ1n) is 5.77. The van der Waals surface area contributed by atoms with Crippen molar-refractivity contribution >= 4 is 34.7 Å². The maximum Gasteiger partial charge on any atom is 0.132 e. The fourth-order valence-corrected chi connectivity index (χ4v) is 1.87. The molecule has 0 aliphatic carbocycles. The van der Waals surface area contributed by atoms with E-state index in [0.29, 0.717) is 25.2 Å². The predicted molar refractivity (Wildman–Crippen MR) is 75.6 cm³/mol. The Morgan fingerprint density at radius 1 is 1.31 bits per heavy atom. The molecule has 1 atom stereocenters. The SMILES string of the molecule is C=C(I)CCCC(=O)CC[C@H](C=O)C(C)C. The molecule has 0 aromatic carbocycles. The summed E-state index contributed by atoms with van der Waals surface area (Å²) in [6.45, 7) is 7.83. The number of carbonyl (C=O) groups is 2. The van der Waals surface area contributed by atoms with Gasteiger partial charge in [0.2, 0.25) is 0 Å². The first-order valence-corrected chi connectivity index (χ1v) is 6.85. The monoisotopic (exact) mass is 336 g/mol. The van der Waals surface area contributed by atoms with Gasteiger partial charge >= 0.3 is 0 Å². The van der Waals surface area contributed by atoms with Crippen molar-refractivity contribution in [3.63, 3.8) is 0 Å². The number of carbonyl (C=O) groups excluding carboxylic acids is 2. The third-order valence-electron chi connectivity index (χ3n) is 2.69. The van der Waals surface area contributed by atoms with Gasteiger partial charge in [-0.1, -0.05) is 20.4 Å². The summed E-state index contributed by atoms with van der Waals surface area (Å²) in [6, 6.07) is 0. The molecule has 3 heteroatoms. The van der Waals surface area contributed by atoms with Gasteiger partial charge in [0.05, 0.1) is 0 Å². The summed E-state index contributed by atoms with van der Waals surface area (Å²) in [6.07, 6.45) is 4.62. The summed E-state index contributed by atoms with van der Waals surface area (Å²) in [4.78, 5) is 22.3. The van der Waals surface area contributed by atoms with Crippen molar-refractivity contribution in [3.05, 3.63) is 10.2 Å². The highest BCUT2D eigenvalue weighted by Crippen LogP contribution is 2.17. The first-order chi connectivity index (χ1) is 7.47. The summed E-state index contributed by atoms with van der Waals surface area (Å²) in [5, 5.41) is 0. The van der Waals surface area contributed by atoms with Gasteiger partial charge in [-0.3, -0.25) is 4.79 Å². The number of Topliss-reactive ketones (excluding diaryl/α,β-unsaturated/α-hetero) is 1. The Kier molecular flexibility index (Phi) is 8.80. The van der Waals surface area contributed by atoms with E-state index in [0.717, 1.165) is 22.7 Å². The normalized spacial score (nSPS) is 12.5. The van der Waals surface area contributed by atoms with Gasteiger partial charge in [0, 0.05) is 18.8 Å². The van der Waals surface area contributed by atoms with Crippen LogP contribution >= 0.6 is 22.6 Å². The van der Waals surface area contributed by atoms with Gasteiger partial charge in [0.25, 0.3) is 0 Å². The number of allylic oxidation sites excluding steroid dienone is 1. The molecular weight excluding hydrogens is 315 g/mol. The molecule has 92 valence electrons. The molecule has 0 spiro atoms. The highest BCUT2D eigenvalue weighted by Gasteiger charge is 2.13. The Bertz CT molecular complexity index is 246. The summed E-state index contributed by atoms with van der Waals surface area (Å²) in [5.74, 6) is 0.632. The smallest absolute Gasteiger partial charge is 0.132 e. The van der Waals surface area contributed by atoms with Gasteiger partial charge in [0.15, 0.2) is 0 Å². The lowest BCUT2D eigenvalue weighted by Crippen LogP contribution is -2.12. The van der Waals surface area contributed by atoms with Gasteiger partial charge in [0.1, 0.15) is 12.1 Å². The summed E-state index contributed by atoms with van der Waals surface area (Å²) in [5.41, 5.74) is 0. The average molecular weight is 336 g/mol. The first kappa shape index (κ1) is 15.8. The van der Waals surface area contributed by atoms with Crippen LogP contribution in [0.4, 0.5) is 0 Å². The molecule has 0 aromatic heterocycles. The fraction of sp³-hybridized carbons (Fsp3) is 0.692. The molecule has 2 nitrogen and oxygen atoms in total. The minimum absolute atomic E-state index is 0.0310. The number of rotatable bonds is 9. The van der Waals surface area contributed by atoms with Crippen molar-refractivity contribution in [1.82, 2.24) is 0 Å². The van der Waals surface area contributed by atoms with Crippen LogP contribution in [0.15, 0.2) is 10.2 Å². The summed E-state index contributed by atoms with van der Waals surface area (Å²) >= 11 is 2.18. The molecule has 0 rings (SSSR count). The molecule has 0 radical (unpaired) electrons. The highest BCUT2D eigenvalue weighted by atomic mass is 127. The van der Waals surface area contributed by atoms with E-state index in [-0.39, 0.29) is 11.7 Å². The minimum atomic E-state index is 0.0310. The topological polar surface area (TPSA) is 34.1 Å². The van der Waals surface area contributed by atoms with Gasteiger partial charge < -0.3 is 4.79 Å². The van der Waals surface area contributed by atoms with Gasteiger partial charge in [-0.15, -0.1) is 0 Å². The van der Waals surface area contributed by atoms with E-state index in [4.69, 9.17) is 0 Å². The van der Waals surface area contributed by atoms with Crippen LogP contribution in [0.5, 0.6) is 0 Å². The van der Waals surface area contributed by atoms with Crippen LogP contribution < -0.4 is 0 Å². The quantitative estimate of drug-likeness (QED) is 0.472. The standard InChI is InChI=1S/C13H21IO2/c1-10(2)12(9-15)7-8-13(16)6-4-5-11(3)14/h9-10,12H,3-8H2,1-2H3/t12-/m1/s1. The van der Waals surface area contributed by atoms with Crippen LogP contribution in [0.2, 0.25) is 0 Å². The molecule has 0 unspecified atom stereocenters. The van der Waals surface area contributed by atoms with Gasteiger partial charge in [-0.25, -0.2) is 0 Å². The second kappa shape index (κ2) is 8.90. The van der Waals surface area contributed by atoms with Crippen molar-refractivity contribution in [1.29, 1.82) is 0 Å². The lowest BCUT2D eigenvalue weighted by molar-refractivity contribution is -0.119. The van der Waals surface area contributed by atoms with E-state index in [1.807, 2.05) is 13.8 Å². The van der Waals surface area contributed by atoms with E-state index < -0.39 is 0 Å². The van der Waals surface area contributed by atoms with Crippen molar-refractivity contribution in [2.75, 3.05) is 0 Å². The zero-order valence-corrected chi connectivity index (χ0v) is 12.3. The Morgan fingerprint density at radius 2 is 1.94 bits per heavy atom. The van der Waals surface area contributed by atoms with Crippen LogP contribution in [0, 0.1) is 11.8 Å². The van der Waals surface area contributed by atoms with E-state index in [9.17, 15) is 9.59 Å². The Hall–Kier alpha value is -0.190. The summed E-state index contributed by atoms with van der Waals surface area (Å²) < 4.78 is 1.10. The molecule has 0 bridgehead atoms. The third kappa shape index (κ3) is 8.02. The zero-order chi connectivity index (χ0) is 12.6. The van der Waals surface area contributed by atoms with Crippen molar-refractivity contribution in [2.24, 2.45) is 11.8 Å².